The Morgan fingerprint density at radius 3 is 2.44 bits per heavy atom. The van der Waals surface area contributed by atoms with Gasteiger partial charge in [0, 0.05) is 42.4 Å². The van der Waals surface area contributed by atoms with Crippen molar-refractivity contribution >= 4 is 27.3 Å². The van der Waals surface area contributed by atoms with Gasteiger partial charge in [0.05, 0.1) is 16.3 Å². The second kappa shape index (κ2) is 13.6. The SMILES string of the molecule is CC(C)CCN(C)c1ccc(-c2noc(-c3cccc(C(=O)NS(=O)(=O)c4ccccc4)c3)n2)cc1NCc1ccccc1O. The number of hydrogen-bond donors (Lipinski definition) is 3. The molecular weight excluding hydrogens is 590 g/mol. The molecule has 1 heterocycles. The van der Waals surface area contributed by atoms with Crippen molar-refractivity contribution < 1.29 is 22.8 Å². The van der Waals surface area contributed by atoms with Crippen LogP contribution in [0.4, 0.5) is 11.4 Å². The van der Waals surface area contributed by atoms with Crippen molar-refractivity contribution in [2.75, 3.05) is 23.8 Å². The lowest BCUT2D eigenvalue weighted by Crippen LogP contribution is -2.30. The summed E-state index contributed by atoms with van der Waals surface area (Å²) in [7, 11) is -1.99. The number of carbonyl (C=O) groups excluding carboxylic acids is 1. The maximum Gasteiger partial charge on any atom is 0.265 e. The molecule has 232 valence electrons. The summed E-state index contributed by atoms with van der Waals surface area (Å²) in [5.74, 6) is 0.506. The van der Waals surface area contributed by atoms with Crippen molar-refractivity contribution in [1.29, 1.82) is 0 Å². The minimum Gasteiger partial charge on any atom is -0.508 e. The minimum atomic E-state index is -4.04. The maximum absolute atomic E-state index is 12.9. The smallest absolute Gasteiger partial charge is 0.265 e. The van der Waals surface area contributed by atoms with Crippen LogP contribution in [0.1, 0.15) is 36.2 Å². The Hall–Kier alpha value is -5.16. The van der Waals surface area contributed by atoms with Gasteiger partial charge >= 0.3 is 0 Å². The van der Waals surface area contributed by atoms with Crippen LogP contribution in [0.2, 0.25) is 0 Å². The van der Waals surface area contributed by atoms with Gasteiger partial charge < -0.3 is 19.8 Å². The van der Waals surface area contributed by atoms with E-state index in [-0.39, 0.29) is 22.1 Å². The number of aromatic hydroxyl groups is 1. The molecule has 45 heavy (non-hydrogen) atoms. The molecule has 0 aliphatic carbocycles. The Balaban J connectivity index is 1.39. The molecule has 0 fully saturated rings. The Morgan fingerprint density at radius 1 is 0.933 bits per heavy atom. The molecule has 0 atom stereocenters. The number of phenolic OH excluding ortho intramolecular Hbond substituents is 1. The normalized spacial score (nSPS) is 11.4. The number of amides is 1. The number of para-hydroxylation sites is 1. The summed E-state index contributed by atoms with van der Waals surface area (Å²) in [6, 6.07) is 27.0. The number of rotatable bonds is 12. The molecule has 11 heteroatoms. The van der Waals surface area contributed by atoms with Crippen molar-refractivity contribution in [3.63, 3.8) is 0 Å². The first-order valence-electron chi connectivity index (χ1n) is 14.5. The predicted octanol–water partition coefficient (Wildman–Crippen LogP) is 6.32. The van der Waals surface area contributed by atoms with Gasteiger partial charge in [-0.25, -0.2) is 13.1 Å². The zero-order chi connectivity index (χ0) is 32.0. The maximum atomic E-state index is 12.9. The van der Waals surface area contributed by atoms with E-state index in [9.17, 15) is 18.3 Å². The molecule has 0 aliphatic rings. The van der Waals surface area contributed by atoms with Crippen LogP contribution >= 0.6 is 0 Å². The van der Waals surface area contributed by atoms with Crippen molar-refractivity contribution in [2.24, 2.45) is 5.92 Å². The number of nitrogens with one attached hydrogen (secondary N) is 2. The molecule has 1 amide bonds. The molecule has 4 aromatic carbocycles. The Labute approximate surface area is 262 Å². The van der Waals surface area contributed by atoms with E-state index in [1.165, 1.54) is 24.3 Å². The lowest BCUT2D eigenvalue weighted by atomic mass is 10.1. The summed E-state index contributed by atoms with van der Waals surface area (Å²) in [5, 5.41) is 17.9. The fourth-order valence-corrected chi connectivity index (χ4v) is 5.66. The Kier molecular flexibility index (Phi) is 9.48. The minimum absolute atomic E-state index is 0.0115. The van der Waals surface area contributed by atoms with Crippen LogP contribution in [0, 0.1) is 5.92 Å². The van der Waals surface area contributed by atoms with Crippen molar-refractivity contribution in [3.05, 3.63) is 108 Å². The monoisotopic (exact) mass is 625 g/mol. The van der Waals surface area contributed by atoms with Crippen LogP contribution in [0.5, 0.6) is 5.75 Å². The molecule has 0 saturated heterocycles. The molecule has 0 spiro atoms. The van der Waals surface area contributed by atoms with Gasteiger partial charge in [0.25, 0.3) is 21.8 Å². The molecule has 0 bridgehead atoms. The zero-order valence-corrected chi connectivity index (χ0v) is 26.1. The summed E-state index contributed by atoms with van der Waals surface area (Å²) in [6.45, 7) is 5.66. The lowest BCUT2D eigenvalue weighted by molar-refractivity contribution is 0.0981. The Morgan fingerprint density at radius 2 is 1.69 bits per heavy atom. The number of phenols is 1. The molecule has 1 aromatic heterocycles. The van der Waals surface area contributed by atoms with Gasteiger partial charge in [-0.3, -0.25) is 4.79 Å². The fraction of sp³-hybridized carbons (Fsp3) is 0.206. The highest BCUT2D eigenvalue weighted by Crippen LogP contribution is 2.32. The number of nitrogens with zero attached hydrogens (tertiary/aromatic N) is 3. The van der Waals surface area contributed by atoms with E-state index >= 15 is 0 Å². The third-order valence-electron chi connectivity index (χ3n) is 7.25. The van der Waals surface area contributed by atoms with Crippen LogP contribution in [0.15, 0.2) is 106 Å². The number of aromatic nitrogens is 2. The number of hydrogen-bond acceptors (Lipinski definition) is 9. The lowest BCUT2D eigenvalue weighted by Gasteiger charge is -2.24. The van der Waals surface area contributed by atoms with E-state index in [4.69, 9.17) is 4.52 Å². The standard InChI is InChI=1S/C34H35N5O5S/c1-23(2)18-19-39(3)30-17-16-24(21-29(30)35-22-27-10-7-8-15-31(27)40)32-36-34(44-37-32)26-12-9-11-25(20-26)33(41)38-45(42,43)28-13-5-4-6-14-28/h4-17,20-21,23,35,40H,18-19,22H2,1-3H3,(H,38,41). The van der Waals surface area contributed by atoms with E-state index in [1.807, 2.05) is 37.4 Å². The highest BCUT2D eigenvalue weighted by Gasteiger charge is 2.20. The molecule has 0 unspecified atom stereocenters. The quantitative estimate of drug-likeness (QED) is 0.145. The van der Waals surface area contributed by atoms with Crippen LogP contribution in [-0.2, 0) is 16.6 Å². The van der Waals surface area contributed by atoms with Crippen molar-refractivity contribution in [1.82, 2.24) is 14.9 Å². The van der Waals surface area contributed by atoms with Gasteiger partial charge in [-0.2, -0.15) is 4.98 Å². The highest BCUT2D eigenvalue weighted by molar-refractivity contribution is 7.90. The number of carbonyl (C=O) groups is 1. The molecule has 10 nitrogen and oxygen atoms in total. The van der Waals surface area contributed by atoms with Gasteiger partial charge in [-0.05, 0) is 66.9 Å². The number of anilines is 2. The summed E-state index contributed by atoms with van der Waals surface area (Å²) >= 11 is 0. The molecule has 5 aromatic rings. The van der Waals surface area contributed by atoms with Crippen molar-refractivity contribution in [3.8, 4) is 28.6 Å². The number of benzene rings is 4. The summed E-state index contributed by atoms with van der Waals surface area (Å²) in [6.07, 6.45) is 1.03. The molecule has 0 saturated carbocycles. The van der Waals surface area contributed by atoms with Gasteiger partial charge in [0.15, 0.2) is 0 Å². The number of sulfonamides is 1. The third kappa shape index (κ3) is 7.68. The average Bonchev–Trinajstić information content (AvgIpc) is 3.54. The van der Waals surface area contributed by atoms with Crippen molar-refractivity contribution in [2.45, 2.75) is 31.7 Å². The molecule has 3 N–H and O–H groups in total. The average molecular weight is 626 g/mol. The topological polar surface area (TPSA) is 138 Å². The zero-order valence-electron chi connectivity index (χ0n) is 25.3. The van der Waals surface area contributed by atoms with E-state index < -0.39 is 15.9 Å². The summed E-state index contributed by atoms with van der Waals surface area (Å²) in [4.78, 5) is 19.6. The highest BCUT2D eigenvalue weighted by atomic mass is 32.2. The van der Waals surface area contributed by atoms with E-state index in [0.29, 0.717) is 29.4 Å². The fourth-order valence-electron chi connectivity index (χ4n) is 4.66. The summed E-state index contributed by atoms with van der Waals surface area (Å²) in [5.41, 5.74) is 3.88. The van der Waals surface area contributed by atoms with Crippen LogP contribution < -0.4 is 14.9 Å². The molecule has 0 radical (unpaired) electrons. The van der Waals surface area contributed by atoms with E-state index in [1.54, 1.807) is 42.5 Å². The van der Waals surface area contributed by atoms with E-state index in [0.717, 1.165) is 29.9 Å². The van der Waals surface area contributed by atoms with Gasteiger partial charge in [-0.15, -0.1) is 0 Å². The molecule has 5 rings (SSSR count). The second-order valence-corrected chi connectivity index (χ2v) is 12.8. The molecular formula is C34H35N5O5S. The summed E-state index contributed by atoms with van der Waals surface area (Å²) < 4.78 is 32.9. The van der Waals surface area contributed by atoms with Gasteiger partial charge in [-0.1, -0.05) is 61.5 Å². The first-order chi connectivity index (χ1) is 21.6. The third-order valence-corrected chi connectivity index (χ3v) is 8.59. The van der Waals surface area contributed by atoms with Crippen LogP contribution in [0.25, 0.3) is 22.8 Å². The molecule has 0 aliphatic heterocycles. The van der Waals surface area contributed by atoms with Gasteiger partial charge in [0.2, 0.25) is 5.82 Å². The first-order valence-corrected chi connectivity index (χ1v) is 16.0. The predicted molar refractivity (Wildman–Crippen MR) is 174 cm³/mol. The Bertz CT molecular complexity index is 1890. The van der Waals surface area contributed by atoms with Crippen LogP contribution in [-0.4, -0.2) is 43.2 Å². The second-order valence-electron chi connectivity index (χ2n) is 11.1. The van der Waals surface area contributed by atoms with Gasteiger partial charge in [0.1, 0.15) is 5.75 Å². The largest absolute Gasteiger partial charge is 0.508 e. The van der Waals surface area contributed by atoms with E-state index in [2.05, 4.69) is 38.9 Å². The van der Waals surface area contributed by atoms with Crippen LogP contribution in [0.3, 0.4) is 0 Å². The first kappa shape index (κ1) is 31.3.